The summed E-state index contributed by atoms with van der Waals surface area (Å²) in [6.07, 6.45) is 2.15. The lowest BCUT2D eigenvalue weighted by molar-refractivity contribution is 0.0775. The maximum Gasteiger partial charge on any atom is 0.253 e. The summed E-state index contributed by atoms with van der Waals surface area (Å²) in [5.74, 6) is -0.636. The number of nitrogens with zero attached hydrogens (tertiary/aromatic N) is 1. The Morgan fingerprint density at radius 3 is 2.95 bits per heavy atom. The highest BCUT2D eigenvalue weighted by molar-refractivity contribution is 6.30. The molecule has 19 heavy (non-hydrogen) atoms. The largest absolute Gasteiger partial charge is 0.338 e. The fraction of sp³-hybridized carbons (Fsp3) is 0.500. The zero-order chi connectivity index (χ0) is 13.5. The van der Waals surface area contributed by atoms with Gasteiger partial charge in [0.2, 0.25) is 0 Å². The van der Waals surface area contributed by atoms with Crippen molar-refractivity contribution in [3.63, 3.8) is 0 Å². The lowest BCUT2D eigenvalue weighted by Gasteiger charge is -2.22. The molecule has 2 saturated heterocycles. The third kappa shape index (κ3) is 2.35. The van der Waals surface area contributed by atoms with Crippen molar-refractivity contribution in [2.75, 3.05) is 26.2 Å². The molecule has 1 atom stereocenters. The molecule has 3 nitrogen and oxygen atoms in total. The van der Waals surface area contributed by atoms with Crippen molar-refractivity contribution < 1.29 is 9.18 Å². The minimum Gasteiger partial charge on any atom is -0.338 e. The molecule has 102 valence electrons. The predicted molar refractivity (Wildman–Crippen MR) is 71.9 cm³/mol. The molecular weight excluding hydrogens is 267 g/mol. The van der Waals surface area contributed by atoms with Crippen LogP contribution in [0.4, 0.5) is 4.39 Å². The molecule has 2 aliphatic rings. The SMILES string of the molecule is O=C(c1ccc(Cl)c(F)c1)N1CCC2(CCNC2)C1. The molecule has 2 heterocycles. The summed E-state index contributed by atoms with van der Waals surface area (Å²) in [5.41, 5.74) is 0.616. The molecule has 1 aromatic carbocycles. The van der Waals surface area contributed by atoms with Gasteiger partial charge in [0.25, 0.3) is 5.91 Å². The Kier molecular flexibility index (Phi) is 3.23. The Labute approximate surface area is 116 Å². The standard InChI is InChI=1S/C14H16ClFN2O/c15-11-2-1-10(7-12(11)16)13(19)18-6-4-14(9-18)3-5-17-8-14/h1-2,7,17H,3-6,8-9H2. The molecule has 2 aliphatic heterocycles. The summed E-state index contributed by atoms with van der Waals surface area (Å²) in [6.45, 7) is 3.53. The number of carbonyl (C=O) groups excluding carboxylic acids is 1. The van der Waals surface area contributed by atoms with Gasteiger partial charge in [0.05, 0.1) is 5.02 Å². The van der Waals surface area contributed by atoms with Crippen LogP contribution in [0.2, 0.25) is 5.02 Å². The smallest absolute Gasteiger partial charge is 0.253 e. The summed E-state index contributed by atoms with van der Waals surface area (Å²) < 4.78 is 13.4. The quantitative estimate of drug-likeness (QED) is 0.857. The Bertz CT molecular complexity index is 514. The molecule has 1 N–H and O–H groups in total. The van der Waals surface area contributed by atoms with E-state index in [1.165, 1.54) is 12.1 Å². The first-order valence-electron chi connectivity index (χ1n) is 6.55. The highest BCUT2D eigenvalue weighted by Gasteiger charge is 2.41. The number of likely N-dealkylation sites (tertiary alicyclic amines) is 1. The number of rotatable bonds is 1. The van der Waals surface area contributed by atoms with Crippen molar-refractivity contribution in [3.05, 3.63) is 34.6 Å². The zero-order valence-electron chi connectivity index (χ0n) is 10.6. The first kappa shape index (κ1) is 12.9. The van der Waals surface area contributed by atoms with Gasteiger partial charge >= 0.3 is 0 Å². The first-order valence-corrected chi connectivity index (χ1v) is 6.93. The molecule has 3 rings (SSSR count). The highest BCUT2D eigenvalue weighted by atomic mass is 35.5. The van der Waals surface area contributed by atoms with Crippen LogP contribution in [0.1, 0.15) is 23.2 Å². The van der Waals surface area contributed by atoms with Crippen molar-refractivity contribution in [2.24, 2.45) is 5.41 Å². The van der Waals surface area contributed by atoms with Gasteiger partial charge in [0.15, 0.2) is 0 Å². The Balaban J connectivity index is 1.76. The molecule has 1 amide bonds. The van der Waals surface area contributed by atoms with Crippen LogP contribution < -0.4 is 5.32 Å². The fourth-order valence-corrected chi connectivity index (χ4v) is 3.18. The normalized spacial score (nSPS) is 26.3. The molecule has 5 heteroatoms. The van der Waals surface area contributed by atoms with E-state index >= 15 is 0 Å². The number of amides is 1. The number of hydrogen-bond donors (Lipinski definition) is 1. The van der Waals surface area contributed by atoms with E-state index in [4.69, 9.17) is 11.6 Å². The van der Waals surface area contributed by atoms with Crippen LogP contribution in [-0.2, 0) is 0 Å². The van der Waals surface area contributed by atoms with E-state index in [9.17, 15) is 9.18 Å². The van der Waals surface area contributed by atoms with Crippen LogP contribution in [0.25, 0.3) is 0 Å². The summed E-state index contributed by atoms with van der Waals surface area (Å²) in [7, 11) is 0. The van der Waals surface area contributed by atoms with E-state index in [0.717, 1.165) is 39.0 Å². The average Bonchev–Trinajstić information content (AvgIpc) is 3.03. The third-order valence-corrected chi connectivity index (χ3v) is 4.53. The number of benzene rings is 1. The topological polar surface area (TPSA) is 32.3 Å². The average molecular weight is 283 g/mol. The van der Waals surface area contributed by atoms with Crippen LogP contribution in [0.5, 0.6) is 0 Å². The van der Waals surface area contributed by atoms with E-state index in [1.54, 1.807) is 6.07 Å². The highest BCUT2D eigenvalue weighted by Crippen LogP contribution is 2.36. The maximum absolute atomic E-state index is 13.4. The second-order valence-electron chi connectivity index (χ2n) is 5.53. The summed E-state index contributed by atoms with van der Waals surface area (Å²) in [5, 5.41) is 3.41. The van der Waals surface area contributed by atoms with E-state index in [1.807, 2.05) is 4.90 Å². The fourth-order valence-electron chi connectivity index (χ4n) is 3.06. The van der Waals surface area contributed by atoms with E-state index < -0.39 is 5.82 Å². The Hall–Kier alpha value is -1.13. The van der Waals surface area contributed by atoms with Crippen LogP contribution in [0, 0.1) is 11.2 Å². The molecule has 0 aromatic heterocycles. The van der Waals surface area contributed by atoms with E-state index in [0.29, 0.717) is 5.56 Å². The number of hydrogen-bond acceptors (Lipinski definition) is 2. The van der Waals surface area contributed by atoms with Crippen LogP contribution in [0.3, 0.4) is 0 Å². The summed E-state index contributed by atoms with van der Waals surface area (Å²) >= 11 is 5.64. The Morgan fingerprint density at radius 1 is 1.42 bits per heavy atom. The zero-order valence-corrected chi connectivity index (χ0v) is 11.3. The minimum absolute atomic E-state index is 0.0504. The van der Waals surface area contributed by atoms with E-state index in [-0.39, 0.29) is 16.3 Å². The van der Waals surface area contributed by atoms with Crippen molar-refractivity contribution in [1.82, 2.24) is 10.2 Å². The maximum atomic E-state index is 13.4. The first-order chi connectivity index (χ1) is 9.10. The van der Waals surface area contributed by atoms with E-state index in [2.05, 4.69) is 5.32 Å². The van der Waals surface area contributed by atoms with Crippen molar-refractivity contribution in [2.45, 2.75) is 12.8 Å². The molecule has 2 fully saturated rings. The van der Waals surface area contributed by atoms with Gasteiger partial charge in [-0.15, -0.1) is 0 Å². The third-order valence-electron chi connectivity index (χ3n) is 4.22. The molecular formula is C14H16ClFN2O. The summed E-state index contributed by atoms with van der Waals surface area (Å²) in [4.78, 5) is 14.2. The van der Waals surface area contributed by atoms with Crippen LogP contribution >= 0.6 is 11.6 Å². The molecule has 0 bridgehead atoms. The van der Waals surface area contributed by atoms with Crippen molar-refractivity contribution in [3.8, 4) is 0 Å². The lowest BCUT2D eigenvalue weighted by atomic mass is 9.86. The van der Waals surface area contributed by atoms with Gasteiger partial charge in [-0.3, -0.25) is 4.79 Å². The molecule has 1 unspecified atom stereocenters. The minimum atomic E-state index is -0.538. The van der Waals surface area contributed by atoms with Crippen molar-refractivity contribution in [1.29, 1.82) is 0 Å². The number of carbonyl (C=O) groups is 1. The van der Waals surface area contributed by atoms with Gasteiger partial charge in [0.1, 0.15) is 5.82 Å². The van der Waals surface area contributed by atoms with Gasteiger partial charge in [0, 0.05) is 30.6 Å². The monoisotopic (exact) mass is 282 g/mol. The van der Waals surface area contributed by atoms with Gasteiger partial charge < -0.3 is 10.2 Å². The molecule has 0 saturated carbocycles. The van der Waals surface area contributed by atoms with Crippen LogP contribution in [0.15, 0.2) is 18.2 Å². The number of nitrogens with one attached hydrogen (secondary N) is 1. The second-order valence-corrected chi connectivity index (χ2v) is 5.94. The molecule has 1 spiro atoms. The Morgan fingerprint density at radius 2 is 2.26 bits per heavy atom. The molecule has 0 radical (unpaired) electrons. The summed E-state index contributed by atoms with van der Waals surface area (Å²) in [6, 6.07) is 4.25. The van der Waals surface area contributed by atoms with Crippen molar-refractivity contribution >= 4 is 17.5 Å². The molecule has 1 aromatic rings. The van der Waals surface area contributed by atoms with Gasteiger partial charge in [-0.25, -0.2) is 4.39 Å². The van der Waals surface area contributed by atoms with Crippen LogP contribution in [-0.4, -0.2) is 37.0 Å². The number of halogens is 2. The lowest BCUT2D eigenvalue weighted by Crippen LogP contribution is -2.33. The predicted octanol–water partition coefficient (Wildman–Crippen LogP) is 2.30. The van der Waals surface area contributed by atoms with Gasteiger partial charge in [-0.1, -0.05) is 11.6 Å². The van der Waals surface area contributed by atoms with Gasteiger partial charge in [-0.05, 0) is 37.6 Å². The molecule has 0 aliphatic carbocycles. The second kappa shape index (κ2) is 4.76. The van der Waals surface area contributed by atoms with Gasteiger partial charge in [-0.2, -0.15) is 0 Å².